The molecule has 2 amide bonds. The monoisotopic (exact) mass is 388 g/mol. The number of nitrogens with one attached hydrogen (secondary N) is 1. The van der Waals surface area contributed by atoms with Crippen LogP contribution in [-0.2, 0) is 9.53 Å². The number of nitrogens with zero attached hydrogens (tertiary/aromatic N) is 1. The van der Waals surface area contributed by atoms with E-state index < -0.39 is 11.6 Å². The Morgan fingerprint density at radius 3 is 2.46 bits per heavy atom. The van der Waals surface area contributed by atoms with Gasteiger partial charge in [-0.2, -0.15) is 0 Å². The number of benzene rings is 1. The second-order valence-electron chi connectivity index (χ2n) is 7.90. The van der Waals surface area contributed by atoms with E-state index in [-0.39, 0.29) is 23.7 Å². The summed E-state index contributed by atoms with van der Waals surface area (Å²) in [7, 11) is 0. The van der Waals surface area contributed by atoms with Gasteiger partial charge in [0.05, 0.1) is 0 Å². The van der Waals surface area contributed by atoms with Crippen LogP contribution in [0.2, 0.25) is 0 Å². The fraction of sp³-hybridized carbons (Fsp3) is 0.450. The fourth-order valence-corrected chi connectivity index (χ4v) is 3.12. The quantitative estimate of drug-likeness (QED) is 0.829. The first-order valence-corrected chi connectivity index (χ1v) is 9.18. The molecule has 0 aliphatic carbocycles. The minimum Gasteiger partial charge on any atom is -0.475 e. The van der Waals surface area contributed by atoms with Crippen molar-refractivity contribution in [2.45, 2.75) is 39.2 Å². The smallest absolute Gasteiger partial charge is 0.410 e. The molecule has 1 aromatic carbocycles. The lowest BCUT2D eigenvalue weighted by molar-refractivity contribution is -0.121. The minimum atomic E-state index is -1.14. The first-order valence-electron chi connectivity index (χ1n) is 9.18. The molecule has 0 saturated carbocycles. The number of rotatable bonds is 3. The summed E-state index contributed by atoms with van der Waals surface area (Å²) in [4.78, 5) is 37.3. The van der Waals surface area contributed by atoms with Gasteiger partial charge in [-0.3, -0.25) is 4.79 Å². The number of piperidine rings is 1. The number of hydrogen-bond acceptors (Lipinski definition) is 5. The van der Waals surface area contributed by atoms with Crippen molar-refractivity contribution >= 4 is 34.6 Å². The Bertz CT molecular complexity index is 903. The Kier molecular flexibility index (Phi) is 5.31. The lowest BCUT2D eigenvalue weighted by Crippen LogP contribution is -2.43. The zero-order valence-corrected chi connectivity index (χ0v) is 16.2. The van der Waals surface area contributed by atoms with Gasteiger partial charge in [-0.25, -0.2) is 9.59 Å². The number of anilines is 1. The predicted molar refractivity (Wildman–Crippen MR) is 102 cm³/mol. The number of aromatic carboxylic acids is 1. The molecule has 150 valence electrons. The van der Waals surface area contributed by atoms with Crippen molar-refractivity contribution in [3.63, 3.8) is 0 Å². The number of carboxylic acids is 1. The van der Waals surface area contributed by atoms with Crippen molar-refractivity contribution < 1.29 is 28.6 Å². The van der Waals surface area contributed by atoms with E-state index in [1.54, 1.807) is 23.1 Å². The zero-order chi connectivity index (χ0) is 20.5. The van der Waals surface area contributed by atoms with Gasteiger partial charge in [-0.15, -0.1) is 0 Å². The Labute approximate surface area is 162 Å². The molecule has 0 spiro atoms. The largest absolute Gasteiger partial charge is 0.475 e. The molecule has 1 aliphatic rings. The molecule has 0 bridgehead atoms. The van der Waals surface area contributed by atoms with Gasteiger partial charge >= 0.3 is 12.1 Å². The molecule has 0 unspecified atom stereocenters. The Morgan fingerprint density at radius 1 is 1.18 bits per heavy atom. The van der Waals surface area contributed by atoms with Crippen LogP contribution in [0, 0.1) is 5.92 Å². The highest BCUT2D eigenvalue weighted by Crippen LogP contribution is 2.25. The van der Waals surface area contributed by atoms with Gasteiger partial charge in [0, 0.05) is 30.1 Å². The summed E-state index contributed by atoms with van der Waals surface area (Å²) in [6, 6.07) is 6.40. The number of carbonyl (C=O) groups is 3. The molecule has 1 aromatic heterocycles. The second-order valence-corrected chi connectivity index (χ2v) is 7.90. The summed E-state index contributed by atoms with van der Waals surface area (Å²) in [5.41, 5.74) is 0.475. The van der Waals surface area contributed by atoms with Gasteiger partial charge in [0.15, 0.2) is 0 Å². The van der Waals surface area contributed by atoms with Crippen LogP contribution in [0.15, 0.2) is 28.7 Å². The SMILES string of the molecule is CC(C)(C)OC(=O)N1CCC(C(=O)Nc2ccc3oc(C(=O)O)cc3c2)CC1. The molecule has 0 atom stereocenters. The highest BCUT2D eigenvalue weighted by atomic mass is 16.6. The molecule has 8 heteroatoms. The fourth-order valence-electron chi connectivity index (χ4n) is 3.12. The molecule has 1 fully saturated rings. The number of carbonyl (C=O) groups excluding carboxylic acids is 2. The number of hydrogen-bond donors (Lipinski definition) is 2. The molecule has 2 heterocycles. The maximum atomic E-state index is 12.6. The van der Waals surface area contributed by atoms with E-state index in [2.05, 4.69) is 5.32 Å². The van der Waals surface area contributed by atoms with Crippen molar-refractivity contribution in [2.24, 2.45) is 5.92 Å². The van der Waals surface area contributed by atoms with Crippen molar-refractivity contribution in [3.05, 3.63) is 30.0 Å². The summed E-state index contributed by atoms with van der Waals surface area (Å²) in [6.07, 6.45) is 0.760. The Morgan fingerprint density at radius 2 is 1.86 bits per heavy atom. The van der Waals surface area contributed by atoms with Crippen LogP contribution in [0.25, 0.3) is 11.0 Å². The van der Waals surface area contributed by atoms with Crippen molar-refractivity contribution in [2.75, 3.05) is 18.4 Å². The second kappa shape index (κ2) is 7.53. The van der Waals surface area contributed by atoms with Crippen molar-refractivity contribution in [3.8, 4) is 0 Å². The number of furan rings is 1. The number of fused-ring (bicyclic) bond motifs is 1. The van der Waals surface area contributed by atoms with E-state index >= 15 is 0 Å². The summed E-state index contributed by atoms with van der Waals surface area (Å²) in [5.74, 6) is -1.61. The van der Waals surface area contributed by atoms with Gasteiger partial charge in [-0.1, -0.05) is 0 Å². The maximum absolute atomic E-state index is 12.6. The number of carboxylic acid groups (broad SMARTS) is 1. The van der Waals surface area contributed by atoms with Crippen LogP contribution in [0.4, 0.5) is 10.5 Å². The van der Waals surface area contributed by atoms with Gasteiger partial charge in [-0.05, 0) is 57.9 Å². The van der Waals surface area contributed by atoms with E-state index in [9.17, 15) is 14.4 Å². The molecule has 8 nitrogen and oxygen atoms in total. The van der Waals surface area contributed by atoms with E-state index in [4.69, 9.17) is 14.3 Å². The van der Waals surface area contributed by atoms with Crippen LogP contribution in [-0.4, -0.2) is 46.7 Å². The average molecular weight is 388 g/mol. The molecule has 2 aromatic rings. The van der Waals surface area contributed by atoms with Gasteiger partial charge in [0.2, 0.25) is 11.7 Å². The first kappa shape index (κ1) is 19.7. The summed E-state index contributed by atoms with van der Waals surface area (Å²) >= 11 is 0. The molecule has 28 heavy (non-hydrogen) atoms. The van der Waals surface area contributed by atoms with Crippen LogP contribution in [0.3, 0.4) is 0 Å². The van der Waals surface area contributed by atoms with Crippen molar-refractivity contribution in [1.82, 2.24) is 4.90 Å². The topological polar surface area (TPSA) is 109 Å². The standard InChI is InChI=1S/C20H24N2O6/c1-20(2,3)28-19(26)22-8-6-12(7-9-22)17(23)21-14-4-5-15-13(10-14)11-16(27-15)18(24)25/h4-5,10-12H,6-9H2,1-3H3,(H,21,23)(H,24,25). The highest BCUT2D eigenvalue weighted by Gasteiger charge is 2.30. The van der Waals surface area contributed by atoms with Crippen LogP contribution >= 0.6 is 0 Å². The number of ether oxygens (including phenoxy) is 1. The van der Waals surface area contributed by atoms with Gasteiger partial charge in [0.1, 0.15) is 11.2 Å². The Balaban J connectivity index is 1.58. The molecule has 2 N–H and O–H groups in total. The minimum absolute atomic E-state index is 0.120. The lowest BCUT2D eigenvalue weighted by atomic mass is 9.96. The van der Waals surface area contributed by atoms with E-state index in [1.807, 2.05) is 20.8 Å². The third-order valence-electron chi connectivity index (χ3n) is 4.51. The van der Waals surface area contributed by atoms with Crippen LogP contribution in [0.5, 0.6) is 0 Å². The lowest BCUT2D eigenvalue weighted by Gasteiger charge is -2.32. The van der Waals surface area contributed by atoms with E-state index in [0.29, 0.717) is 42.6 Å². The summed E-state index contributed by atoms with van der Waals surface area (Å²) in [5, 5.41) is 12.5. The van der Waals surface area contributed by atoms with Crippen LogP contribution in [0.1, 0.15) is 44.2 Å². The molecule has 0 radical (unpaired) electrons. The normalized spacial score (nSPS) is 15.5. The van der Waals surface area contributed by atoms with Gasteiger partial charge < -0.3 is 24.5 Å². The molecule has 3 rings (SSSR count). The summed E-state index contributed by atoms with van der Waals surface area (Å²) in [6.45, 7) is 6.40. The predicted octanol–water partition coefficient (Wildman–Crippen LogP) is 3.72. The first-order chi connectivity index (χ1) is 13.1. The third kappa shape index (κ3) is 4.62. The molecule has 1 saturated heterocycles. The van der Waals surface area contributed by atoms with Gasteiger partial charge in [0.25, 0.3) is 0 Å². The summed E-state index contributed by atoms with van der Waals surface area (Å²) < 4.78 is 10.6. The maximum Gasteiger partial charge on any atom is 0.410 e. The van der Waals surface area contributed by atoms with E-state index in [1.165, 1.54) is 6.07 Å². The third-order valence-corrected chi connectivity index (χ3v) is 4.51. The van der Waals surface area contributed by atoms with Crippen molar-refractivity contribution in [1.29, 1.82) is 0 Å². The number of likely N-dealkylation sites (tertiary alicyclic amines) is 1. The molecule has 1 aliphatic heterocycles. The highest BCUT2D eigenvalue weighted by molar-refractivity contribution is 5.96. The van der Waals surface area contributed by atoms with E-state index in [0.717, 1.165) is 0 Å². The molecular weight excluding hydrogens is 364 g/mol. The number of amides is 2. The zero-order valence-electron chi connectivity index (χ0n) is 16.2. The van der Waals surface area contributed by atoms with Crippen LogP contribution < -0.4 is 5.32 Å². The average Bonchev–Trinajstić information content (AvgIpc) is 3.04. The Hall–Kier alpha value is -3.03. The molecular formula is C20H24N2O6.